The molecule has 1 aromatic heterocycles. The third-order valence-electron chi connectivity index (χ3n) is 2.29. The monoisotopic (exact) mass is 212 g/mol. The van der Waals surface area contributed by atoms with Crippen LogP contribution in [0.4, 0.5) is 0 Å². The van der Waals surface area contributed by atoms with Gasteiger partial charge in [-0.1, -0.05) is 0 Å². The standard InChI is InChI=1S/C9H12N2O2S/c1-10-8(13)9-11-7-5(12)3-2-4-6(7)14-9/h8,10,13H,2-4H2,1H3. The topological polar surface area (TPSA) is 62.2 Å². The summed E-state index contributed by atoms with van der Waals surface area (Å²) in [6.45, 7) is 0. The number of carbonyl (C=O) groups is 1. The van der Waals surface area contributed by atoms with E-state index in [0.717, 1.165) is 17.7 Å². The second kappa shape index (κ2) is 3.76. The van der Waals surface area contributed by atoms with Gasteiger partial charge in [-0.15, -0.1) is 11.3 Å². The number of ketones is 1. The summed E-state index contributed by atoms with van der Waals surface area (Å²) < 4.78 is 0. The molecule has 5 heteroatoms. The fourth-order valence-electron chi connectivity index (χ4n) is 1.53. The van der Waals surface area contributed by atoms with Crippen LogP contribution >= 0.6 is 11.3 Å². The molecule has 76 valence electrons. The second-order valence-electron chi connectivity index (χ2n) is 3.29. The van der Waals surface area contributed by atoms with Crippen molar-refractivity contribution in [2.45, 2.75) is 25.5 Å². The predicted octanol–water partition coefficient (Wildman–Crippen LogP) is 0.872. The third kappa shape index (κ3) is 1.58. The summed E-state index contributed by atoms with van der Waals surface area (Å²) >= 11 is 1.43. The minimum absolute atomic E-state index is 0.108. The Bertz CT molecular complexity index is 362. The lowest BCUT2D eigenvalue weighted by Gasteiger charge is -2.06. The molecular weight excluding hydrogens is 200 g/mol. The summed E-state index contributed by atoms with van der Waals surface area (Å²) in [5.41, 5.74) is 0.575. The molecule has 4 nitrogen and oxygen atoms in total. The number of fused-ring (bicyclic) bond motifs is 1. The van der Waals surface area contributed by atoms with Crippen LogP contribution in [-0.4, -0.2) is 22.9 Å². The summed E-state index contributed by atoms with van der Waals surface area (Å²) in [6.07, 6.45) is 1.66. The molecule has 2 rings (SSSR count). The van der Waals surface area contributed by atoms with Gasteiger partial charge >= 0.3 is 0 Å². The number of nitrogens with zero attached hydrogens (tertiary/aromatic N) is 1. The van der Waals surface area contributed by atoms with Crippen molar-refractivity contribution in [2.24, 2.45) is 0 Å². The van der Waals surface area contributed by atoms with Gasteiger partial charge in [-0.2, -0.15) is 0 Å². The Morgan fingerprint density at radius 1 is 1.57 bits per heavy atom. The number of aliphatic hydroxyl groups excluding tert-OH is 1. The van der Waals surface area contributed by atoms with Crippen molar-refractivity contribution in [2.75, 3.05) is 7.05 Å². The Kier molecular flexibility index (Phi) is 2.62. The van der Waals surface area contributed by atoms with Gasteiger partial charge in [0.15, 0.2) is 12.0 Å². The van der Waals surface area contributed by atoms with Crippen molar-refractivity contribution in [1.82, 2.24) is 10.3 Å². The number of hydrogen-bond acceptors (Lipinski definition) is 5. The molecule has 0 aromatic carbocycles. The van der Waals surface area contributed by atoms with Gasteiger partial charge in [0.05, 0.1) is 0 Å². The largest absolute Gasteiger partial charge is 0.372 e. The van der Waals surface area contributed by atoms with Crippen molar-refractivity contribution in [3.63, 3.8) is 0 Å². The highest BCUT2D eigenvalue weighted by molar-refractivity contribution is 7.12. The van der Waals surface area contributed by atoms with Gasteiger partial charge < -0.3 is 5.11 Å². The van der Waals surface area contributed by atoms with E-state index < -0.39 is 6.23 Å². The minimum atomic E-state index is -0.751. The van der Waals surface area contributed by atoms with Crippen molar-refractivity contribution >= 4 is 17.1 Å². The minimum Gasteiger partial charge on any atom is -0.372 e. The number of nitrogens with one attached hydrogen (secondary N) is 1. The zero-order valence-electron chi connectivity index (χ0n) is 7.91. The van der Waals surface area contributed by atoms with E-state index in [0.29, 0.717) is 17.1 Å². The molecule has 1 aromatic rings. The molecule has 0 aliphatic heterocycles. The zero-order chi connectivity index (χ0) is 10.1. The smallest absolute Gasteiger partial charge is 0.182 e. The summed E-state index contributed by atoms with van der Waals surface area (Å²) in [6, 6.07) is 0. The molecule has 0 saturated carbocycles. The number of aliphatic hydroxyl groups is 1. The number of carbonyl (C=O) groups excluding carboxylic acids is 1. The lowest BCUT2D eigenvalue weighted by Crippen LogP contribution is -2.15. The van der Waals surface area contributed by atoms with Crippen LogP contribution in [0.25, 0.3) is 0 Å². The van der Waals surface area contributed by atoms with Crippen molar-refractivity contribution in [1.29, 1.82) is 0 Å². The predicted molar refractivity (Wildman–Crippen MR) is 53.4 cm³/mol. The third-order valence-corrected chi connectivity index (χ3v) is 3.46. The molecule has 1 heterocycles. The van der Waals surface area contributed by atoms with E-state index in [4.69, 9.17) is 0 Å². The average Bonchev–Trinajstić information content (AvgIpc) is 2.62. The maximum atomic E-state index is 11.5. The van der Waals surface area contributed by atoms with E-state index in [1.807, 2.05) is 0 Å². The summed E-state index contributed by atoms with van der Waals surface area (Å²) in [4.78, 5) is 16.6. The first-order valence-corrected chi connectivity index (χ1v) is 5.42. The molecule has 14 heavy (non-hydrogen) atoms. The van der Waals surface area contributed by atoms with Gasteiger partial charge in [-0.05, 0) is 19.9 Å². The summed E-state index contributed by atoms with van der Waals surface area (Å²) in [5, 5.41) is 12.8. The van der Waals surface area contributed by atoms with Crippen LogP contribution < -0.4 is 5.32 Å². The SMILES string of the molecule is CNC(O)c1nc2c(s1)CCCC2=O. The van der Waals surface area contributed by atoms with Crippen molar-refractivity contribution in [3.05, 3.63) is 15.6 Å². The number of rotatable bonds is 2. The number of hydrogen-bond donors (Lipinski definition) is 2. The summed E-state index contributed by atoms with van der Waals surface area (Å²) in [7, 11) is 1.66. The molecule has 0 bridgehead atoms. The quantitative estimate of drug-likeness (QED) is 0.714. The Labute approximate surface area is 86.0 Å². The van der Waals surface area contributed by atoms with E-state index in [1.165, 1.54) is 11.3 Å². The molecule has 1 aliphatic carbocycles. The molecule has 1 aliphatic rings. The lowest BCUT2D eigenvalue weighted by molar-refractivity contribution is 0.0967. The number of aromatic nitrogens is 1. The molecule has 0 amide bonds. The second-order valence-corrected chi connectivity index (χ2v) is 4.41. The van der Waals surface area contributed by atoms with Gasteiger partial charge in [0.1, 0.15) is 10.7 Å². The van der Waals surface area contributed by atoms with E-state index in [1.54, 1.807) is 7.05 Å². The fraction of sp³-hybridized carbons (Fsp3) is 0.556. The van der Waals surface area contributed by atoms with Crippen LogP contribution in [-0.2, 0) is 6.42 Å². The first kappa shape index (κ1) is 9.76. The Balaban J connectivity index is 2.35. The number of thiazole rings is 1. The van der Waals surface area contributed by atoms with Gasteiger partial charge in [0.25, 0.3) is 0 Å². The van der Waals surface area contributed by atoms with Crippen LogP contribution in [0.1, 0.15) is 39.4 Å². The van der Waals surface area contributed by atoms with Crippen LogP contribution in [0, 0.1) is 0 Å². The van der Waals surface area contributed by atoms with Gasteiger partial charge in [-0.25, -0.2) is 4.98 Å². The van der Waals surface area contributed by atoms with Crippen LogP contribution in [0.3, 0.4) is 0 Å². The molecule has 0 fully saturated rings. The van der Waals surface area contributed by atoms with Gasteiger partial charge in [0.2, 0.25) is 0 Å². The highest BCUT2D eigenvalue weighted by atomic mass is 32.1. The molecule has 1 unspecified atom stereocenters. The molecule has 2 N–H and O–H groups in total. The summed E-state index contributed by atoms with van der Waals surface area (Å²) in [5.74, 6) is 0.108. The molecule has 0 radical (unpaired) electrons. The normalized spacial score (nSPS) is 18.0. The fourth-order valence-corrected chi connectivity index (χ4v) is 2.65. The van der Waals surface area contributed by atoms with Crippen molar-refractivity contribution < 1.29 is 9.90 Å². The van der Waals surface area contributed by atoms with Crippen molar-refractivity contribution in [3.8, 4) is 0 Å². The Morgan fingerprint density at radius 3 is 3.00 bits per heavy atom. The van der Waals surface area contributed by atoms with E-state index in [2.05, 4.69) is 10.3 Å². The zero-order valence-corrected chi connectivity index (χ0v) is 8.73. The number of Topliss-reactive ketones (excluding diaryl/α,β-unsaturated/α-hetero) is 1. The average molecular weight is 212 g/mol. The molecule has 0 spiro atoms. The lowest BCUT2D eigenvalue weighted by atomic mass is 10.0. The first-order valence-electron chi connectivity index (χ1n) is 4.60. The Hall–Kier alpha value is -0.780. The van der Waals surface area contributed by atoms with E-state index >= 15 is 0 Å². The van der Waals surface area contributed by atoms with E-state index in [9.17, 15) is 9.90 Å². The first-order chi connectivity index (χ1) is 6.72. The van der Waals surface area contributed by atoms with Crippen LogP contribution in [0.2, 0.25) is 0 Å². The molecule has 1 atom stereocenters. The van der Waals surface area contributed by atoms with Gasteiger partial charge in [0, 0.05) is 11.3 Å². The van der Waals surface area contributed by atoms with Gasteiger partial charge in [-0.3, -0.25) is 10.1 Å². The highest BCUT2D eigenvalue weighted by Gasteiger charge is 2.23. The number of aryl methyl sites for hydroxylation is 1. The Morgan fingerprint density at radius 2 is 2.36 bits per heavy atom. The highest BCUT2D eigenvalue weighted by Crippen LogP contribution is 2.28. The van der Waals surface area contributed by atoms with Crippen LogP contribution in [0.15, 0.2) is 0 Å². The maximum Gasteiger partial charge on any atom is 0.182 e. The maximum absolute atomic E-state index is 11.5. The van der Waals surface area contributed by atoms with E-state index in [-0.39, 0.29) is 5.78 Å². The molecule has 0 saturated heterocycles. The molecular formula is C9H12N2O2S. The van der Waals surface area contributed by atoms with Crippen LogP contribution in [0.5, 0.6) is 0 Å².